The Hall–Kier alpha value is -3.25. The van der Waals surface area contributed by atoms with Gasteiger partial charge in [0.1, 0.15) is 10.8 Å². The van der Waals surface area contributed by atoms with E-state index in [9.17, 15) is 4.79 Å². The minimum atomic E-state index is -0.866. The standard InChI is InChI=1S/C24H21N3O2S/c1-27(16-10-4-3-5-11-16)23-26-24(21(30-23)22(28)29-2)17-12-6-8-14-19(17)25-20-15-9-7-13-18(20)24/h3-15,21,25H,1-2H3. The van der Waals surface area contributed by atoms with Crippen LogP contribution in [0.4, 0.5) is 17.1 Å². The van der Waals surface area contributed by atoms with Gasteiger partial charge in [-0.1, -0.05) is 66.4 Å². The van der Waals surface area contributed by atoms with Gasteiger partial charge in [0.15, 0.2) is 5.17 Å². The maximum absolute atomic E-state index is 13.1. The number of amidine groups is 1. The molecule has 1 unspecified atom stereocenters. The van der Waals surface area contributed by atoms with Gasteiger partial charge in [0.2, 0.25) is 0 Å². The van der Waals surface area contributed by atoms with Crippen molar-refractivity contribution in [2.75, 3.05) is 24.4 Å². The number of aliphatic imine (C=N–C) groups is 1. The van der Waals surface area contributed by atoms with Crippen molar-refractivity contribution < 1.29 is 9.53 Å². The van der Waals surface area contributed by atoms with Crippen molar-refractivity contribution >= 4 is 40.0 Å². The number of nitrogens with zero attached hydrogens (tertiary/aromatic N) is 2. The number of hydrogen-bond donors (Lipinski definition) is 1. The van der Waals surface area contributed by atoms with Crippen molar-refractivity contribution in [3.63, 3.8) is 0 Å². The first kappa shape index (κ1) is 18.8. The largest absolute Gasteiger partial charge is 0.468 e. The van der Waals surface area contributed by atoms with Gasteiger partial charge < -0.3 is 15.0 Å². The molecule has 30 heavy (non-hydrogen) atoms. The lowest BCUT2D eigenvalue weighted by Gasteiger charge is -2.38. The zero-order valence-electron chi connectivity index (χ0n) is 16.7. The number of benzene rings is 3. The van der Waals surface area contributed by atoms with E-state index in [1.165, 1.54) is 18.9 Å². The zero-order valence-corrected chi connectivity index (χ0v) is 17.5. The lowest BCUT2D eigenvalue weighted by molar-refractivity contribution is -0.140. The van der Waals surface area contributed by atoms with Gasteiger partial charge in [-0.3, -0.25) is 4.79 Å². The summed E-state index contributed by atoms with van der Waals surface area (Å²) in [6, 6.07) is 26.1. The fourth-order valence-electron chi connectivity index (χ4n) is 4.21. The van der Waals surface area contributed by atoms with E-state index in [2.05, 4.69) is 5.32 Å². The number of carbonyl (C=O) groups is 1. The summed E-state index contributed by atoms with van der Waals surface area (Å²) in [4.78, 5) is 20.3. The third kappa shape index (κ3) is 2.71. The third-order valence-corrected chi connectivity index (χ3v) is 7.01. The van der Waals surface area contributed by atoms with Crippen molar-refractivity contribution in [1.29, 1.82) is 0 Å². The monoisotopic (exact) mass is 415 g/mol. The summed E-state index contributed by atoms with van der Waals surface area (Å²) in [6.07, 6.45) is 0. The topological polar surface area (TPSA) is 53.9 Å². The Morgan fingerprint density at radius 2 is 1.53 bits per heavy atom. The van der Waals surface area contributed by atoms with Crippen molar-refractivity contribution in [2.24, 2.45) is 4.99 Å². The van der Waals surface area contributed by atoms with Crippen LogP contribution in [0, 0.1) is 0 Å². The van der Waals surface area contributed by atoms with E-state index in [1.807, 2.05) is 90.8 Å². The molecule has 150 valence electrons. The Kier molecular flexibility index (Phi) is 4.51. The van der Waals surface area contributed by atoms with Crippen LogP contribution in [0.2, 0.25) is 0 Å². The summed E-state index contributed by atoms with van der Waals surface area (Å²) in [7, 11) is 3.42. The SMILES string of the molecule is COC(=O)C1SC(N(C)c2ccccc2)=NC12c1ccccc1Nc1ccccc12. The van der Waals surface area contributed by atoms with Crippen molar-refractivity contribution in [1.82, 2.24) is 0 Å². The summed E-state index contributed by atoms with van der Waals surface area (Å²) < 4.78 is 5.25. The maximum Gasteiger partial charge on any atom is 0.322 e. The van der Waals surface area contributed by atoms with Crippen LogP contribution in [-0.4, -0.2) is 30.5 Å². The predicted molar refractivity (Wildman–Crippen MR) is 123 cm³/mol. The summed E-state index contributed by atoms with van der Waals surface area (Å²) in [5.74, 6) is -0.285. The molecule has 5 nitrogen and oxygen atoms in total. The highest BCUT2D eigenvalue weighted by Gasteiger charge is 2.56. The van der Waals surface area contributed by atoms with Gasteiger partial charge in [-0.15, -0.1) is 0 Å². The molecule has 3 aromatic rings. The van der Waals surface area contributed by atoms with E-state index in [4.69, 9.17) is 9.73 Å². The first-order valence-electron chi connectivity index (χ1n) is 9.74. The van der Waals surface area contributed by atoms with Crippen LogP contribution < -0.4 is 10.2 Å². The molecule has 0 aromatic heterocycles. The molecule has 1 N–H and O–H groups in total. The molecular formula is C24H21N3O2S. The molecule has 0 aliphatic carbocycles. The van der Waals surface area contributed by atoms with Gasteiger partial charge in [0, 0.05) is 35.2 Å². The van der Waals surface area contributed by atoms with Crippen molar-refractivity contribution in [3.8, 4) is 0 Å². The molecule has 1 spiro atoms. The quantitative estimate of drug-likeness (QED) is 0.611. The van der Waals surface area contributed by atoms with E-state index in [1.54, 1.807) is 0 Å². The number of carbonyl (C=O) groups excluding carboxylic acids is 1. The number of methoxy groups -OCH3 is 1. The Morgan fingerprint density at radius 3 is 2.13 bits per heavy atom. The number of thioether (sulfide) groups is 1. The number of hydrogen-bond acceptors (Lipinski definition) is 6. The van der Waals surface area contributed by atoms with Gasteiger partial charge in [0.05, 0.1) is 7.11 Å². The highest BCUT2D eigenvalue weighted by molar-refractivity contribution is 8.15. The average molecular weight is 416 g/mol. The average Bonchev–Trinajstić information content (AvgIpc) is 3.20. The Morgan fingerprint density at radius 1 is 0.967 bits per heavy atom. The molecule has 2 aliphatic rings. The number of rotatable bonds is 2. The zero-order chi connectivity index (χ0) is 20.7. The molecule has 3 aromatic carbocycles. The molecule has 0 saturated heterocycles. The lowest BCUT2D eigenvalue weighted by atomic mass is 9.76. The Labute approximate surface area is 179 Å². The fourth-order valence-corrected chi connectivity index (χ4v) is 5.55. The van der Waals surface area contributed by atoms with Crippen LogP contribution in [0.15, 0.2) is 83.9 Å². The van der Waals surface area contributed by atoms with E-state index in [0.717, 1.165) is 33.4 Å². The molecular weight excluding hydrogens is 394 g/mol. The summed E-state index contributed by atoms with van der Waals surface area (Å²) in [5.41, 5.74) is 4.01. The van der Waals surface area contributed by atoms with Gasteiger partial charge in [0.25, 0.3) is 0 Å². The summed E-state index contributed by atoms with van der Waals surface area (Å²) in [6.45, 7) is 0. The smallest absolute Gasteiger partial charge is 0.322 e. The number of fused-ring (bicyclic) bond motifs is 4. The third-order valence-electron chi connectivity index (χ3n) is 5.67. The lowest BCUT2D eigenvalue weighted by Crippen LogP contribution is -2.42. The van der Waals surface area contributed by atoms with E-state index in [-0.39, 0.29) is 5.97 Å². The second-order valence-electron chi connectivity index (χ2n) is 7.29. The molecule has 0 saturated carbocycles. The number of anilines is 3. The minimum Gasteiger partial charge on any atom is -0.468 e. The normalized spacial score (nSPS) is 18.1. The molecule has 2 aliphatic heterocycles. The number of nitrogens with one attached hydrogen (secondary N) is 1. The van der Waals surface area contributed by atoms with Gasteiger partial charge >= 0.3 is 5.97 Å². The van der Waals surface area contributed by atoms with Crippen LogP contribution in [0.5, 0.6) is 0 Å². The number of ether oxygens (including phenoxy) is 1. The molecule has 0 radical (unpaired) electrons. The van der Waals surface area contributed by atoms with Crippen LogP contribution in [0.3, 0.4) is 0 Å². The highest BCUT2D eigenvalue weighted by Crippen LogP contribution is 2.55. The fraction of sp³-hybridized carbons (Fsp3) is 0.167. The first-order valence-corrected chi connectivity index (χ1v) is 10.6. The predicted octanol–water partition coefficient (Wildman–Crippen LogP) is 4.77. The summed E-state index contributed by atoms with van der Waals surface area (Å²) in [5, 5.41) is 3.75. The molecule has 1 atom stereocenters. The van der Waals surface area contributed by atoms with Gasteiger partial charge in [-0.2, -0.15) is 0 Å². The molecule has 5 rings (SSSR count). The molecule has 0 bridgehead atoms. The second-order valence-corrected chi connectivity index (χ2v) is 8.36. The van der Waals surface area contributed by atoms with Gasteiger partial charge in [-0.25, -0.2) is 4.99 Å². The van der Waals surface area contributed by atoms with Gasteiger partial charge in [-0.05, 0) is 24.3 Å². The van der Waals surface area contributed by atoms with Crippen LogP contribution >= 0.6 is 11.8 Å². The van der Waals surface area contributed by atoms with Crippen LogP contribution in [0.25, 0.3) is 0 Å². The summed E-state index contributed by atoms with van der Waals surface area (Å²) >= 11 is 1.45. The van der Waals surface area contributed by atoms with Crippen LogP contribution in [-0.2, 0) is 15.1 Å². The highest BCUT2D eigenvalue weighted by atomic mass is 32.2. The Bertz CT molecular complexity index is 1100. The molecule has 6 heteroatoms. The first-order chi connectivity index (χ1) is 14.6. The molecule has 0 amide bonds. The Balaban J connectivity index is 1.75. The van der Waals surface area contributed by atoms with E-state index >= 15 is 0 Å². The molecule has 0 fully saturated rings. The minimum absolute atomic E-state index is 0.285. The second kappa shape index (κ2) is 7.22. The van der Waals surface area contributed by atoms with Crippen molar-refractivity contribution in [2.45, 2.75) is 10.8 Å². The number of esters is 1. The van der Waals surface area contributed by atoms with E-state index < -0.39 is 10.8 Å². The maximum atomic E-state index is 13.1. The van der Waals surface area contributed by atoms with E-state index in [0.29, 0.717) is 0 Å². The molecule has 2 heterocycles. The van der Waals surface area contributed by atoms with Crippen LogP contribution in [0.1, 0.15) is 11.1 Å². The number of para-hydroxylation sites is 3. The van der Waals surface area contributed by atoms with Crippen molar-refractivity contribution in [3.05, 3.63) is 90.0 Å².